The van der Waals surface area contributed by atoms with Gasteiger partial charge in [0, 0.05) is 36.0 Å². The molecule has 0 radical (unpaired) electrons. The Morgan fingerprint density at radius 1 is 1.10 bits per heavy atom. The SMILES string of the molecule is Cc1ccc(C(=O)NCc2cc3nc(-c4cccc(N5CC(=O)N[C@H](C)C5)n4)ccc3cn2)cc1S(C)(=O)=O. The Morgan fingerprint density at radius 3 is 2.67 bits per heavy atom. The maximum absolute atomic E-state index is 12.7. The topological polar surface area (TPSA) is 134 Å². The number of carbonyl (C=O) groups is 2. The first-order valence-electron chi connectivity index (χ1n) is 12.4. The summed E-state index contributed by atoms with van der Waals surface area (Å²) in [5, 5.41) is 6.55. The summed E-state index contributed by atoms with van der Waals surface area (Å²) < 4.78 is 24.0. The molecule has 1 saturated heterocycles. The van der Waals surface area contributed by atoms with Crippen LogP contribution < -0.4 is 15.5 Å². The van der Waals surface area contributed by atoms with E-state index in [4.69, 9.17) is 9.97 Å². The van der Waals surface area contributed by atoms with E-state index < -0.39 is 15.7 Å². The molecule has 1 aliphatic heterocycles. The number of benzene rings is 1. The van der Waals surface area contributed by atoms with E-state index in [-0.39, 0.29) is 35.5 Å². The van der Waals surface area contributed by atoms with Crippen molar-refractivity contribution in [2.75, 3.05) is 24.2 Å². The van der Waals surface area contributed by atoms with Crippen molar-refractivity contribution in [2.24, 2.45) is 0 Å². The highest BCUT2D eigenvalue weighted by molar-refractivity contribution is 7.90. The summed E-state index contributed by atoms with van der Waals surface area (Å²) in [5.74, 6) is 0.282. The van der Waals surface area contributed by atoms with Crippen LogP contribution in [-0.2, 0) is 21.2 Å². The number of hydrogen-bond acceptors (Lipinski definition) is 8. The lowest BCUT2D eigenvalue weighted by atomic mass is 10.1. The maximum Gasteiger partial charge on any atom is 0.251 e. The number of piperazine rings is 1. The van der Waals surface area contributed by atoms with Crippen LogP contribution in [0.2, 0.25) is 0 Å². The van der Waals surface area contributed by atoms with E-state index in [0.29, 0.717) is 40.5 Å². The van der Waals surface area contributed by atoms with Crippen LogP contribution in [0.15, 0.2) is 65.7 Å². The van der Waals surface area contributed by atoms with Crippen molar-refractivity contribution >= 4 is 38.4 Å². The Kier molecular flexibility index (Phi) is 7.00. The molecular weight excluding hydrogens is 516 g/mol. The molecule has 0 spiro atoms. The lowest BCUT2D eigenvalue weighted by Crippen LogP contribution is -2.53. The largest absolute Gasteiger partial charge is 0.350 e. The summed E-state index contributed by atoms with van der Waals surface area (Å²) in [6.07, 6.45) is 2.81. The van der Waals surface area contributed by atoms with Gasteiger partial charge in [0.1, 0.15) is 5.82 Å². The lowest BCUT2D eigenvalue weighted by molar-refractivity contribution is -0.121. The summed E-state index contributed by atoms with van der Waals surface area (Å²) in [7, 11) is -3.45. The van der Waals surface area contributed by atoms with Gasteiger partial charge in [-0.15, -0.1) is 0 Å². The van der Waals surface area contributed by atoms with E-state index in [0.717, 1.165) is 11.6 Å². The highest BCUT2D eigenvalue weighted by Crippen LogP contribution is 2.23. The van der Waals surface area contributed by atoms with E-state index in [2.05, 4.69) is 15.6 Å². The van der Waals surface area contributed by atoms with Crippen molar-refractivity contribution in [1.82, 2.24) is 25.6 Å². The standard InChI is InChI=1S/C28H28N6O4S/c1-17-7-8-19(11-25(17)39(3,37)38)28(36)30-14-21-12-24-20(13-29-21)9-10-23(32-24)22-5-4-6-26(33-22)34-15-18(2)31-27(35)16-34/h4-13,18H,14-16H2,1-3H3,(H,30,36)(H,31,35)/t18-/m1/s1. The minimum absolute atomic E-state index is 0.0323. The minimum atomic E-state index is -3.45. The first kappa shape index (κ1) is 26.2. The Labute approximate surface area is 226 Å². The summed E-state index contributed by atoms with van der Waals surface area (Å²) in [6, 6.07) is 15.9. The molecule has 0 aliphatic carbocycles. The molecule has 3 aromatic heterocycles. The van der Waals surface area contributed by atoms with Crippen molar-refractivity contribution in [3.63, 3.8) is 0 Å². The highest BCUT2D eigenvalue weighted by Gasteiger charge is 2.23. The van der Waals surface area contributed by atoms with Crippen LogP contribution in [-0.4, -0.2) is 60.6 Å². The first-order chi connectivity index (χ1) is 18.6. The number of anilines is 1. The Balaban J connectivity index is 1.35. The molecule has 0 unspecified atom stereocenters. The fraction of sp³-hybridized carbons (Fsp3) is 0.250. The average Bonchev–Trinajstić information content (AvgIpc) is 2.90. The number of nitrogens with one attached hydrogen (secondary N) is 2. The van der Waals surface area contributed by atoms with Crippen molar-refractivity contribution in [2.45, 2.75) is 31.3 Å². The van der Waals surface area contributed by atoms with Gasteiger partial charge in [-0.2, -0.15) is 0 Å². The van der Waals surface area contributed by atoms with E-state index >= 15 is 0 Å². The van der Waals surface area contributed by atoms with Crippen LogP contribution in [0.25, 0.3) is 22.3 Å². The molecule has 10 nitrogen and oxygen atoms in total. The third-order valence-electron chi connectivity index (χ3n) is 6.47. The smallest absolute Gasteiger partial charge is 0.251 e. The highest BCUT2D eigenvalue weighted by atomic mass is 32.2. The number of pyridine rings is 3. The van der Waals surface area contributed by atoms with Crippen molar-refractivity contribution < 1.29 is 18.0 Å². The quantitative estimate of drug-likeness (QED) is 0.378. The molecule has 200 valence electrons. The molecule has 39 heavy (non-hydrogen) atoms. The van der Waals surface area contributed by atoms with Crippen LogP contribution >= 0.6 is 0 Å². The van der Waals surface area contributed by atoms with Gasteiger partial charge >= 0.3 is 0 Å². The molecule has 1 fully saturated rings. The third-order valence-corrected chi connectivity index (χ3v) is 7.71. The number of fused-ring (bicyclic) bond motifs is 1. The van der Waals surface area contributed by atoms with Gasteiger partial charge in [0.05, 0.1) is 40.6 Å². The van der Waals surface area contributed by atoms with E-state index in [1.807, 2.05) is 42.2 Å². The molecule has 5 rings (SSSR count). The number of carbonyl (C=O) groups excluding carboxylic acids is 2. The summed E-state index contributed by atoms with van der Waals surface area (Å²) >= 11 is 0. The second kappa shape index (κ2) is 10.4. The Bertz CT molecular complexity index is 1710. The number of aromatic nitrogens is 3. The zero-order chi connectivity index (χ0) is 27.7. The molecule has 4 aromatic rings. The lowest BCUT2D eigenvalue weighted by Gasteiger charge is -2.32. The van der Waals surface area contributed by atoms with Gasteiger partial charge in [0.25, 0.3) is 5.91 Å². The molecule has 1 aliphatic rings. The number of rotatable bonds is 6. The van der Waals surface area contributed by atoms with E-state index in [1.54, 1.807) is 31.3 Å². The van der Waals surface area contributed by atoms with E-state index in [9.17, 15) is 18.0 Å². The summed E-state index contributed by atoms with van der Waals surface area (Å²) in [5.41, 5.74) is 3.50. The molecule has 0 saturated carbocycles. The van der Waals surface area contributed by atoms with Crippen molar-refractivity contribution in [3.05, 3.63) is 77.6 Å². The number of sulfone groups is 1. The molecule has 2 N–H and O–H groups in total. The van der Waals surface area contributed by atoms with Gasteiger partial charge in [-0.25, -0.2) is 18.4 Å². The molecule has 1 atom stereocenters. The fourth-order valence-electron chi connectivity index (χ4n) is 4.56. The van der Waals surface area contributed by atoms with Gasteiger partial charge in [-0.3, -0.25) is 14.6 Å². The zero-order valence-electron chi connectivity index (χ0n) is 21.8. The molecule has 2 amide bonds. The van der Waals surface area contributed by atoms with Crippen molar-refractivity contribution in [1.29, 1.82) is 0 Å². The third kappa shape index (κ3) is 5.88. The predicted molar refractivity (Wildman–Crippen MR) is 148 cm³/mol. The normalized spacial score (nSPS) is 15.7. The second-order valence-electron chi connectivity index (χ2n) is 9.73. The number of amides is 2. The zero-order valence-corrected chi connectivity index (χ0v) is 22.6. The van der Waals surface area contributed by atoms with E-state index in [1.165, 1.54) is 6.07 Å². The van der Waals surface area contributed by atoms with Gasteiger partial charge in [0.15, 0.2) is 9.84 Å². The first-order valence-corrected chi connectivity index (χ1v) is 14.3. The maximum atomic E-state index is 12.7. The molecule has 0 bridgehead atoms. The van der Waals surface area contributed by atoms with Gasteiger partial charge in [-0.05, 0) is 61.9 Å². The molecule has 11 heteroatoms. The molecular formula is C28H28N6O4S. The van der Waals surface area contributed by atoms with Gasteiger partial charge in [-0.1, -0.05) is 12.1 Å². The summed E-state index contributed by atoms with van der Waals surface area (Å²) in [4.78, 5) is 40.8. The number of aryl methyl sites for hydroxylation is 1. The van der Waals surface area contributed by atoms with Crippen LogP contribution in [0.5, 0.6) is 0 Å². The predicted octanol–water partition coefficient (Wildman–Crippen LogP) is 2.66. The second-order valence-corrected chi connectivity index (χ2v) is 11.7. The fourth-order valence-corrected chi connectivity index (χ4v) is 5.56. The van der Waals surface area contributed by atoms with Crippen LogP contribution in [0, 0.1) is 6.92 Å². The van der Waals surface area contributed by atoms with Crippen LogP contribution in [0.1, 0.15) is 28.5 Å². The van der Waals surface area contributed by atoms with Crippen LogP contribution in [0.4, 0.5) is 5.82 Å². The average molecular weight is 545 g/mol. The monoisotopic (exact) mass is 544 g/mol. The minimum Gasteiger partial charge on any atom is -0.350 e. The molecule has 4 heterocycles. The van der Waals surface area contributed by atoms with Crippen molar-refractivity contribution in [3.8, 4) is 11.4 Å². The summed E-state index contributed by atoms with van der Waals surface area (Å²) in [6.45, 7) is 4.72. The molecule has 1 aromatic carbocycles. The van der Waals surface area contributed by atoms with Crippen LogP contribution in [0.3, 0.4) is 0 Å². The van der Waals surface area contributed by atoms with Gasteiger partial charge in [0.2, 0.25) is 5.91 Å². The Hall–Kier alpha value is -4.38. The Morgan fingerprint density at radius 2 is 1.90 bits per heavy atom. The van der Waals surface area contributed by atoms with Gasteiger partial charge < -0.3 is 15.5 Å². The number of hydrogen-bond donors (Lipinski definition) is 2. The number of nitrogens with zero attached hydrogens (tertiary/aromatic N) is 4.